The van der Waals surface area contributed by atoms with Gasteiger partial charge in [0.05, 0.1) is 11.2 Å². The molecule has 90 valence electrons. The lowest BCUT2D eigenvalue weighted by molar-refractivity contribution is 0.469. The predicted octanol–water partition coefficient (Wildman–Crippen LogP) is 3.69. The molecular formula is C13H15FN2S. The fourth-order valence-corrected chi connectivity index (χ4v) is 2.46. The summed E-state index contributed by atoms with van der Waals surface area (Å²) in [6, 6.07) is 6.94. The first-order valence-electron chi connectivity index (χ1n) is 5.57. The molecule has 0 aliphatic rings. The smallest absolute Gasteiger partial charge is 0.127 e. The van der Waals surface area contributed by atoms with Crippen molar-refractivity contribution in [2.75, 3.05) is 0 Å². The van der Waals surface area contributed by atoms with Gasteiger partial charge in [-0.25, -0.2) is 9.37 Å². The highest BCUT2D eigenvalue weighted by Gasteiger charge is 2.14. The Kier molecular flexibility index (Phi) is 3.86. The average Bonchev–Trinajstić information content (AvgIpc) is 2.82. The van der Waals surface area contributed by atoms with Crippen molar-refractivity contribution in [3.63, 3.8) is 0 Å². The number of rotatable bonds is 4. The van der Waals surface area contributed by atoms with Crippen molar-refractivity contribution in [1.29, 1.82) is 0 Å². The van der Waals surface area contributed by atoms with E-state index in [-0.39, 0.29) is 17.9 Å². The average molecular weight is 250 g/mol. The van der Waals surface area contributed by atoms with E-state index in [1.807, 2.05) is 25.3 Å². The lowest BCUT2D eigenvalue weighted by Gasteiger charge is -2.19. The fourth-order valence-electron chi connectivity index (χ4n) is 1.81. The third-order valence-corrected chi connectivity index (χ3v) is 3.37. The molecule has 0 aliphatic carbocycles. The lowest BCUT2D eigenvalue weighted by Crippen LogP contribution is -2.23. The van der Waals surface area contributed by atoms with Gasteiger partial charge in [0, 0.05) is 23.0 Å². The van der Waals surface area contributed by atoms with Crippen LogP contribution in [0.15, 0.2) is 35.2 Å². The van der Waals surface area contributed by atoms with E-state index in [9.17, 15) is 4.39 Å². The van der Waals surface area contributed by atoms with Gasteiger partial charge in [0.2, 0.25) is 0 Å². The van der Waals surface area contributed by atoms with Gasteiger partial charge >= 0.3 is 0 Å². The number of aromatic nitrogens is 1. The third kappa shape index (κ3) is 2.90. The fraction of sp³-hybridized carbons (Fsp3) is 0.308. The van der Waals surface area contributed by atoms with Gasteiger partial charge < -0.3 is 5.32 Å². The number of nitrogens with zero attached hydrogens (tertiary/aromatic N) is 1. The summed E-state index contributed by atoms with van der Waals surface area (Å²) in [4.78, 5) is 4.25. The summed E-state index contributed by atoms with van der Waals surface area (Å²) in [6.45, 7) is 3.99. The maximum absolute atomic E-state index is 13.6. The Balaban J connectivity index is 2.07. The molecule has 0 fully saturated rings. The van der Waals surface area contributed by atoms with Crippen LogP contribution < -0.4 is 5.32 Å². The predicted molar refractivity (Wildman–Crippen MR) is 68.5 cm³/mol. The van der Waals surface area contributed by atoms with Gasteiger partial charge in [-0.1, -0.05) is 18.2 Å². The first-order chi connectivity index (χ1) is 8.18. The first-order valence-corrected chi connectivity index (χ1v) is 6.51. The van der Waals surface area contributed by atoms with Gasteiger partial charge in [0.25, 0.3) is 0 Å². The van der Waals surface area contributed by atoms with E-state index in [1.165, 1.54) is 6.07 Å². The molecule has 1 aromatic carbocycles. The quantitative estimate of drug-likeness (QED) is 0.895. The van der Waals surface area contributed by atoms with Crippen LogP contribution in [0.25, 0.3) is 0 Å². The molecule has 0 spiro atoms. The molecule has 0 saturated heterocycles. The molecule has 4 heteroatoms. The number of nitrogens with one attached hydrogen (secondary N) is 1. The second-order valence-electron chi connectivity index (χ2n) is 4.04. The van der Waals surface area contributed by atoms with Gasteiger partial charge in [-0.05, 0) is 19.9 Å². The van der Waals surface area contributed by atoms with Crippen molar-refractivity contribution < 1.29 is 4.39 Å². The highest BCUT2D eigenvalue weighted by atomic mass is 32.1. The lowest BCUT2D eigenvalue weighted by atomic mass is 10.1. The second-order valence-corrected chi connectivity index (χ2v) is 4.76. The SMILES string of the molecule is CC(N[C@H](C)c1ccccc1F)c1cscn1. The summed E-state index contributed by atoms with van der Waals surface area (Å²) in [5, 5.41) is 5.35. The summed E-state index contributed by atoms with van der Waals surface area (Å²) < 4.78 is 13.6. The summed E-state index contributed by atoms with van der Waals surface area (Å²) in [6.07, 6.45) is 0. The molecule has 0 radical (unpaired) electrons. The van der Waals surface area contributed by atoms with Crippen LogP contribution in [0.5, 0.6) is 0 Å². The molecule has 2 nitrogen and oxygen atoms in total. The molecule has 1 unspecified atom stereocenters. The summed E-state index contributed by atoms with van der Waals surface area (Å²) in [5.74, 6) is -0.169. The topological polar surface area (TPSA) is 24.9 Å². The minimum atomic E-state index is -0.169. The zero-order valence-electron chi connectivity index (χ0n) is 9.85. The van der Waals surface area contributed by atoms with Crippen LogP contribution in [0.3, 0.4) is 0 Å². The summed E-state index contributed by atoms with van der Waals surface area (Å²) in [7, 11) is 0. The first kappa shape index (κ1) is 12.2. The van der Waals surface area contributed by atoms with Gasteiger partial charge in [-0.2, -0.15) is 0 Å². The van der Waals surface area contributed by atoms with E-state index < -0.39 is 0 Å². The van der Waals surface area contributed by atoms with Crippen LogP contribution in [0.4, 0.5) is 4.39 Å². The Morgan fingerprint density at radius 1 is 1.24 bits per heavy atom. The molecule has 2 rings (SSSR count). The standard InChI is InChI=1S/C13H15FN2S/c1-9(11-5-3-4-6-12(11)14)16-10(2)13-7-17-8-15-13/h3-10,16H,1-2H3/t9-,10?/m1/s1. The Hall–Kier alpha value is -1.26. The molecule has 1 aromatic heterocycles. The van der Waals surface area contributed by atoms with E-state index in [2.05, 4.69) is 10.3 Å². The number of thiazole rings is 1. The third-order valence-electron chi connectivity index (χ3n) is 2.77. The van der Waals surface area contributed by atoms with Crippen LogP contribution in [0, 0.1) is 5.82 Å². The molecule has 1 heterocycles. The van der Waals surface area contributed by atoms with Gasteiger partial charge in [0.15, 0.2) is 0 Å². The van der Waals surface area contributed by atoms with Crippen LogP contribution in [-0.4, -0.2) is 4.98 Å². The Morgan fingerprint density at radius 3 is 2.65 bits per heavy atom. The van der Waals surface area contributed by atoms with E-state index in [1.54, 1.807) is 29.0 Å². The zero-order valence-corrected chi connectivity index (χ0v) is 10.7. The van der Waals surface area contributed by atoms with Gasteiger partial charge in [0.1, 0.15) is 5.82 Å². The van der Waals surface area contributed by atoms with Crippen molar-refractivity contribution >= 4 is 11.3 Å². The molecule has 0 saturated carbocycles. The number of benzene rings is 1. The van der Waals surface area contributed by atoms with Crippen molar-refractivity contribution in [2.45, 2.75) is 25.9 Å². The van der Waals surface area contributed by atoms with Crippen LogP contribution in [-0.2, 0) is 0 Å². The molecule has 17 heavy (non-hydrogen) atoms. The number of hydrogen-bond donors (Lipinski definition) is 1. The highest BCUT2D eigenvalue weighted by Crippen LogP contribution is 2.21. The molecule has 2 atom stereocenters. The van der Waals surface area contributed by atoms with Crippen molar-refractivity contribution in [3.8, 4) is 0 Å². The number of hydrogen-bond acceptors (Lipinski definition) is 3. The zero-order chi connectivity index (χ0) is 12.3. The highest BCUT2D eigenvalue weighted by molar-refractivity contribution is 7.07. The monoisotopic (exact) mass is 250 g/mol. The molecule has 0 aliphatic heterocycles. The maximum atomic E-state index is 13.6. The summed E-state index contributed by atoms with van der Waals surface area (Å²) >= 11 is 1.57. The Morgan fingerprint density at radius 2 is 2.00 bits per heavy atom. The normalized spacial score (nSPS) is 14.5. The Labute approximate surface area is 105 Å². The Bertz CT molecular complexity index is 470. The van der Waals surface area contributed by atoms with Gasteiger partial charge in [-0.3, -0.25) is 0 Å². The second kappa shape index (κ2) is 5.38. The van der Waals surface area contributed by atoms with Crippen molar-refractivity contribution in [2.24, 2.45) is 0 Å². The minimum Gasteiger partial charge on any atom is -0.302 e. The largest absolute Gasteiger partial charge is 0.302 e. The van der Waals surface area contributed by atoms with Crippen molar-refractivity contribution in [1.82, 2.24) is 10.3 Å². The van der Waals surface area contributed by atoms with E-state index in [4.69, 9.17) is 0 Å². The van der Waals surface area contributed by atoms with Crippen LogP contribution >= 0.6 is 11.3 Å². The maximum Gasteiger partial charge on any atom is 0.127 e. The minimum absolute atomic E-state index is 0.0344. The molecule has 0 bridgehead atoms. The van der Waals surface area contributed by atoms with Crippen molar-refractivity contribution in [3.05, 3.63) is 52.2 Å². The molecule has 2 aromatic rings. The summed E-state index contributed by atoms with van der Waals surface area (Å²) in [5.41, 5.74) is 3.49. The van der Waals surface area contributed by atoms with Crippen LogP contribution in [0.1, 0.15) is 37.2 Å². The number of halogens is 1. The van der Waals surface area contributed by atoms with E-state index in [0.717, 1.165) is 5.69 Å². The van der Waals surface area contributed by atoms with Gasteiger partial charge in [-0.15, -0.1) is 11.3 Å². The van der Waals surface area contributed by atoms with E-state index >= 15 is 0 Å². The molecular weight excluding hydrogens is 235 g/mol. The van der Waals surface area contributed by atoms with E-state index in [0.29, 0.717) is 5.56 Å². The molecule has 1 N–H and O–H groups in total. The van der Waals surface area contributed by atoms with Crippen LogP contribution in [0.2, 0.25) is 0 Å². The molecule has 0 amide bonds.